The summed E-state index contributed by atoms with van der Waals surface area (Å²) in [5.41, 5.74) is 1.79. The molecule has 1 N–H and O–H groups in total. The van der Waals surface area contributed by atoms with Crippen LogP contribution >= 0.6 is 0 Å². The summed E-state index contributed by atoms with van der Waals surface area (Å²) in [6.07, 6.45) is 2.17. The Hall–Kier alpha value is -2.33. The van der Waals surface area contributed by atoms with Crippen molar-refractivity contribution in [2.45, 2.75) is 25.5 Å². The summed E-state index contributed by atoms with van der Waals surface area (Å²) in [6, 6.07) is 17.7. The Morgan fingerprint density at radius 2 is 2.04 bits per heavy atom. The molecule has 4 heteroatoms. The number of nitrogens with zero attached hydrogens (tertiary/aromatic N) is 1. The molecule has 1 unspecified atom stereocenters. The number of hydrogen-bond donors (Lipinski definition) is 1. The molecule has 4 nitrogen and oxygen atoms in total. The van der Waals surface area contributed by atoms with Gasteiger partial charge < -0.3 is 15.0 Å². The molecular weight excluding hydrogens is 300 g/mol. The third-order valence-corrected chi connectivity index (χ3v) is 4.47. The summed E-state index contributed by atoms with van der Waals surface area (Å²) in [5.74, 6) is 0.772. The number of likely N-dealkylation sites (N-methyl/N-ethyl adjacent to an activating group) is 1. The smallest absolute Gasteiger partial charge is 0.254 e. The molecule has 126 valence electrons. The minimum Gasteiger partial charge on any atom is -0.489 e. The van der Waals surface area contributed by atoms with Crippen LogP contribution in [-0.2, 0) is 6.61 Å². The maximum atomic E-state index is 12.7. The van der Waals surface area contributed by atoms with Crippen molar-refractivity contribution in [3.05, 3.63) is 65.7 Å². The molecule has 1 fully saturated rings. The molecule has 1 saturated heterocycles. The van der Waals surface area contributed by atoms with Gasteiger partial charge in [-0.3, -0.25) is 4.79 Å². The summed E-state index contributed by atoms with van der Waals surface area (Å²) in [7, 11) is 1.89. The van der Waals surface area contributed by atoms with Crippen LogP contribution in [0.25, 0.3) is 0 Å². The molecule has 1 aliphatic rings. The lowest BCUT2D eigenvalue weighted by molar-refractivity contribution is 0.0708. The van der Waals surface area contributed by atoms with Crippen LogP contribution in [0.2, 0.25) is 0 Å². The standard InChI is InChI=1S/C20H24N2O2/c1-22(18-10-6-12-21-14-18)20(23)17-9-5-11-19(13-17)24-15-16-7-3-2-4-8-16/h2-5,7-9,11,13,18,21H,6,10,12,14-15H2,1H3. The van der Waals surface area contributed by atoms with E-state index in [1.165, 1.54) is 0 Å². The number of nitrogens with one attached hydrogen (secondary N) is 1. The molecule has 0 saturated carbocycles. The van der Waals surface area contributed by atoms with Crippen LogP contribution in [-0.4, -0.2) is 37.0 Å². The molecule has 2 aromatic carbocycles. The van der Waals surface area contributed by atoms with Crippen LogP contribution in [0.3, 0.4) is 0 Å². The highest BCUT2D eigenvalue weighted by atomic mass is 16.5. The number of hydrogen-bond acceptors (Lipinski definition) is 3. The number of piperidine rings is 1. The van der Waals surface area contributed by atoms with E-state index >= 15 is 0 Å². The SMILES string of the molecule is CN(C(=O)c1cccc(OCc2ccccc2)c1)C1CCCNC1. The van der Waals surface area contributed by atoms with Gasteiger partial charge in [0.2, 0.25) is 0 Å². The van der Waals surface area contributed by atoms with Crippen LogP contribution in [0.15, 0.2) is 54.6 Å². The van der Waals surface area contributed by atoms with Crippen LogP contribution in [0.4, 0.5) is 0 Å². The maximum Gasteiger partial charge on any atom is 0.254 e. The van der Waals surface area contributed by atoms with E-state index in [9.17, 15) is 4.79 Å². The second-order valence-corrected chi connectivity index (χ2v) is 6.22. The van der Waals surface area contributed by atoms with Crippen molar-refractivity contribution in [1.82, 2.24) is 10.2 Å². The zero-order chi connectivity index (χ0) is 16.8. The molecule has 1 heterocycles. The van der Waals surface area contributed by atoms with Gasteiger partial charge in [-0.05, 0) is 43.1 Å². The summed E-state index contributed by atoms with van der Waals surface area (Å²) >= 11 is 0. The number of benzene rings is 2. The van der Waals surface area contributed by atoms with Crippen molar-refractivity contribution < 1.29 is 9.53 Å². The van der Waals surface area contributed by atoms with E-state index in [2.05, 4.69) is 5.32 Å². The van der Waals surface area contributed by atoms with Crippen molar-refractivity contribution in [2.75, 3.05) is 20.1 Å². The van der Waals surface area contributed by atoms with Crippen LogP contribution in [0.5, 0.6) is 5.75 Å². The summed E-state index contributed by atoms with van der Waals surface area (Å²) in [4.78, 5) is 14.6. The molecule has 0 aliphatic carbocycles. The van der Waals surface area contributed by atoms with Crippen LogP contribution in [0.1, 0.15) is 28.8 Å². The van der Waals surface area contributed by atoms with E-state index in [1.807, 2.05) is 66.5 Å². The molecule has 0 bridgehead atoms. The second kappa shape index (κ2) is 7.97. The lowest BCUT2D eigenvalue weighted by Gasteiger charge is -2.31. The van der Waals surface area contributed by atoms with Crippen molar-refractivity contribution >= 4 is 5.91 Å². The van der Waals surface area contributed by atoms with Gasteiger partial charge in [0.25, 0.3) is 5.91 Å². The first-order valence-corrected chi connectivity index (χ1v) is 8.49. The second-order valence-electron chi connectivity index (χ2n) is 6.22. The van der Waals surface area contributed by atoms with Crippen LogP contribution < -0.4 is 10.1 Å². The number of carbonyl (C=O) groups excluding carboxylic acids is 1. The third kappa shape index (κ3) is 4.15. The molecule has 24 heavy (non-hydrogen) atoms. The van der Waals surface area contributed by atoms with Crippen LogP contribution in [0, 0.1) is 0 Å². The molecule has 1 amide bonds. The first kappa shape index (κ1) is 16.5. The van der Waals surface area contributed by atoms with E-state index in [0.29, 0.717) is 12.2 Å². The molecule has 3 rings (SSSR count). The molecule has 0 radical (unpaired) electrons. The van der Waals surface area contributed by atoms with E-state index < -0.39 is 0 Å². The van der Waals surface area contributed by atoms with E-state index in [0.717, 1.165) is 37.2 Å². The summed E-state index contributed by atoms with van der Waals surface area (Å²) in [6.45, 7) is 2.41. The van der Waals surface area contributed by atoms with Gasteiger partial charge in [0.1, 0.15) is 12.4 Å². The highest BCUT2D eigenvalue weighted by Gasteiger charge is 2.23. The van der Waals surface area contributed by atoms with E-state index in [4.69, 9.17) is 4.74 Å². The number of rotatable bonds is 5. The quantitative estimate of drug-likeness (QED) is 0.919. The fourth-order valence-corrected chi connectivity index (χ4v) is 2.99. The van der Waals surface area contributed by atoms with Crippen molar-refractivity contribution in [1.29, 1.82) is 0 Å². The van der Waals surface area contributed by atoms with E-state index in [1.54, 1.807) is 0 Å². The molecule has 0 aromatic heterocycles. The van der Waals surface area contributed by atoms with Gasteiger partial charge in [0.05, 0.1) is 0 Å². The predicted molar refractivity (Wildman–Crippen MR) is 95.2 cm³/mol. The Balaban J connectivity index is 1.64. The lowest BCUT2D eigenvalue weighted by Crippen LogP contribution is -2.46. The number of ether oxygens (including phenoxy) is 1. The highest BCUT2D eigenvalue weighted by Crippen LogP contribution is 2.18. The zero-order valence-corrected chi connectivity index (χ0v) is 14.1. The minimum atomic E-state index is 0.0499. The first-order valence-electron chi connectivity index (χ1n) is 8.49. The Morgan fingerprint density at radius 3 is 2.79 bits per heavy atom. The Kier molecular flexibility index (Phi) is 5.49. The first-order chi connectivity index (χ1) is 11.7. The molecular formula is C20H24N2O2. The van der Waals surface area contributed by atoms with Gasteiger partial charge in [-0.1, -0.05) is 36.4 Å². The zero-order valence-electron chi connectivity index (χ0n) is 14.1. The molecule has 1 atom stereocenters. The average molecular weight is 324 g/mol. The normalized spacial score (nSPS) is 17.3. The Labute approximate surface area is 143 Å². The van der Waals surface area contributed by atoms with Crippen molar-refractivity contribution in [2.24, 2.45) is 0 Å². The van der Waals surface area contributed by atoms with Gasteiger partial charge in [0, 0.05) is 25.2 Å². The third-order valence-electron chi connectivity index (χ3n) is 4.47. The maximum absolute atomic E-state index is 12.7. The minimum absolute atomic E-state index is 0.0499. The Bertz CT molecular complexity index is 666. The summed E-state index contributed by atoms with van der Waals surface area (Å²) < 4.78 is 5.83. The average Bonchev–Trinajstić information content (AvgIpc) is 2.67. The number of carbonyl (C=O) groups is 1. The molecule has 2 aromatic rings. The van der Waals surface area contributed by atoms with Gasteiger partial charge in [0.15, 0.2) is 0 Å². The monoisotopic (exact) mass is 324 g/mol. The van der Waals surface area contributed by atoms with Crippen molar-refractivity contribution in [3.8, 4) is 5.75 Å². The summed E-state index contributed by atoms with van der Waals surface area (Å²) in [5, 5.41) is 3.35. The lowest BCUT2D eigenvalue weighted by atomic mass is 10.1. The van der Waals surface area contributed by atoms with Gasteiger partial charge >= 0.3 is 0 Å². The Morgan fingerprint density at radius 1 is 1.21 bits per heavy atom. The van der Waals surface area contributed by atoms with Gasteiger partial charge in [-0.2, -0.15) is 0 Å². The van der Waals surface area contributed by atoms with Gasteiger partial charge in [-0.25, -0.2) is 0 Å². The topological polar surface area (TPSA) is 41.6 Å². The van der Waals surface area contributed by atoms with E-state index in [-0.39, 0.29) is 11.9 Å². The largest absolute Gasteiger partial charge is 0.489 e. The van der Waals surface area contributed by atoms with Gasteiger partial charge in [-0.15, -0.1) is 0 Å². The molecule has 0 spiro atoms. The van der Waals surface area contributed by atoms with Crippen molar-refractivity contribution in [3.63, 3.8) is 0 Å². The number of amides is 1. The molecule has 1 aliphatic heterocycles. The predicted octanol–water partition coefficient (Wildman–Crippen LogP) is 3.09. The highest BCUT2D eigenvalue weighted by molar-refractivity contribution is 5.94. The fraction of sp³-hybridized carbons (Fsp3) is 0.350. The fourth-order valence-electron chi connectivity index (χ4n) is 2.99.